The van der Waals surface area contributed by atoms with Crippen LogP contribution in [0.1, 0.15) is 32.4 Å². The normalized spacial score (nSPS) is 10.3. The maximum Gasteiger partial charge on any atom is 0.253 e. The van der Waals surface area contributed by atoms with Crippen molar-refractivity contribution in [1.29, 1.82) is 0 Å². The number of methoxy groups -OCH3 is 5. The summed E-state index contributed by atoms with van der Waals surface area (Å²) in [6, 6.07) is 16.7. The van der Waals surface area contributed by atoms with Crippen LogP contribution in [0.3, 0.4) is 0 Å². The van der Waals surface area contributed by atoms with Gasteiger partial charge in [0.1, 0.15) is 17.7 Å². The lowest BCUT2D eigenvalue weighted by atomic mass is 10.1. The van der Waals surface area contributed by atoms with E-state index in [1.54, 1.807) is 60.7 Å². The average Bonchev–Trinajstić information content (AvgIpc) is 2.91. The maximum atomic E-state index is 13.1. The number of amides is 2. The van der Waals surface area contributed by atoms with Crippen LogP contribution < -0.4 is 34.3 Å². The lowest BCUT2D eigenvalue weighted by Gasteiger charge is -2.23. The van der Waals surface area contributed by atoms with Gasteiger partial charge >= 0.3 is 0 Å². The molecule has 0 aliphatic rings. The van der Waals surface area contributed by atoms with Gasteiger partial charge in [-0.15, -0.1) is 0 Å². The Morgan fingerprint density at radius 2 is 1.09 bits per heavy atom. The molecule has 3 rings (SSSR count). The molecule has 0 saturated heterocycles. The molecule has 0 fully saturated rings. The number of rotatable bonds is 10. The summed E-state index contributed by atoms with van der Waals surface area (Å²) in [5.74, 6) is 1.35. The molecule has 0 radical (unpaired) electrons. The molecule has 0 aliphatic heterocycles. The number of carbonyl (C=O) groups excluding carboxylic acids is 2. The van der Waals surface area contributed by atoms with Gasteiger partial charge in [-0.1, -0.05) is 12.1 Å². The highest BCUT2D eigenvalue weighted by molar-refractivity contribution is 5.97. The van der Waals surface area contributed by atoms with E-state index in [1.807, 2.05) is 0 Å². The Hall–Kier alpha value is -4.40. The molecule has 0 bridgehead atoms. The van der Waals surface area contributed by atoms with E-state index in [2.05, 4.69) is 10.6 Å². The smallest absolute Gasteiger partial charge is 0.253 e. The van der Waals surface area contributed by atoms with Gasteiger partial charge in [-0.25, -0.2) is 0 Å². The van der Waals surface area contributed by atoms with Gasteiger partial charge in [-0.3, -0.25) is 9.59 Å². The quantitative estimate of drug-likeness (QED) is 0.428. The first-order valence-electron chi connectivity index (χ1n) is 10.6. The summed E-state index contributed by atoms with van der Waals surface area (Å²) in [7, 11) is 7.50. The minimum Gasteiger partial charge on any atom is -0.497 e. The number of benzene rings is 3. The van der Waals surface area contributed by atoms with Gasteiger partial charge in [-0.2, -0.15) is 0 Å². The van der Waals surface area contributed by atoms with E-state index >= 15 is 0 Å². The second-order valence-corrected chi connectivity index (χ2v) is 7.30. The predicted octanol–water partition coefficient (Wildman–Crippen LogP) is 3.59. The maximum absolute atomic E-state index is 13.1. The Labute approximate surface area is 203 Å². The molecule has 0 saturated carbocycles. The molecule has 184 valence electrons. The monoisotopic (exact) mass is 480 g/mol. The number of nitrogens with one attached hydrogen (secondary N) is 2. The molecule has 9 heteroatoms. The Bertz CT molecular complexity index is 1110. The summed E-state index contributed by atoms with van der Waals surface area (Å²) in [6.45, 7) is 0. The van der Waals surface area contributed by atoms with Gasteiger partial charge in [0.15, 0.2) is 11.5 Å². The Kier molecular flexibility index (Phi) is 8.39. The molecule has 2 amide bonds. The first kappa shape index (κ1) is 25.2. The van der Waals surface area contributed by atoms with Crippen molar-refractivity contribution in [3.8, 4) is 28.7 Å². The number of hydrogen-bond donors (Lipinski definition) is 2. The van der Waals surface area contributed by atoms with Gasteiger partial charge in [0.2, 0.25) is 5.75 Å². The molecular weight excluding hydrogens is 452 g/mol. The van der Waals surface area contributed by atoms with Crippen LogP contribution in [0.2, 0.25) is 0 Å². The molecule has 0 unspecified atom stereocenters. The van der Waals surface area contributed by atoms with Crippen molar-refractivity contribution in [2.45, 2.75) is 6.17 Å². The minimum atomic E-state index is -0.943. The Morgan fingerprint density at radius 3 is 1.46 bits per heavy atom. The number of hydrogen-bond acceptors (Lipinski definition) is 7. The zero-order valence-electron chi connectivity index (χ0n) is 20.2. The molecule has 0 aromatic heterocycles. The Morgan fingerprint density at radius 1 is 0.629 bits per heavy atom. The van der Waals surface area contributed by atoms with E-state index in [0.29, 0.717) is 45.4 Å². The predicted molar refractivity (Wildman–Crippen MR) is 130 cm³/mol. The standard InChI is InChI=1S/C26H28N2O7/c1-31-19-10-6-8-16(12-19)25(29)27-24(28-26(30)17-9-7-11-20(13-17)32-2)18-14-21(33-3)23(35-5)22(15-18)34-4/h6-15,24H,1-5H3,(H,27,29)(H,28,30). The molecule has 0 aliphatic carbocycles. The van der Waals surface area contributed by atoms with Crippen LogP contribution in [-0.4, -0.2) is 47.4 Å². The largest absolute Gasteiger partial charge is 0.497 e. The first-order chi connectivity index (χ1) is 16.9. The van der Waals surface area contributed by atoms with E-state index < -0.39 is 18.0 Å². The fraction of sp³-hybridized carbons (Fsp3) is 0.231. The van der Waals surface area contributed by atoms with E-state index in [4.69, 9.17) is 23.7 Å². The molecular formula is C26H28N2O7. The van der Waals surface area contributed by atoms with Gasteiger partial charge in [0, 0.05) is 16.7 Å². The summed E-state index contributed by atoms with van der Waals surface area (Å²) in [5, 5.41) is 5.72. The molecule has 0 spiro atoms. The number of ether oxygens (including phenoxy) is 5. The van der Waals surface area contributed by atoms with Crippen LogP contribution in [-0.2, 0) is 0 Å². The molecule has 3 aromatic rings. The van der Waals surface area contributed by atoms with Crippen LogP contribution in [0.15, 0.2) is 60.7 Å². The highest BCUT2D eigenvalue weighted by Crippen LogP contribution is 2.39. The fourth-order valence-corrected chi connectivity index (χ4v) is 3.43. The first-order valence-corrected chi connectivity index (χ1v) is 10.6. The van der Waals surface area contributed by atoms with Gasteiger partial charge in [0.05, 0.1) is 35.5 Å². The second kappa shape index (κ2) is 11.6. The van der Waals surface area contributed by atoms with Crippen molar-refractivity contribution in [1.82, 2.24) is 10.6 Å². The van der Waals surface area contributed by atoms with Crippen molar-refractivity contribution >= 4 is 11.8 Å². The zero-order chi connectivity index (χ0) is 25.4. The van der Waals surface area contributed by atoms with Gasteiger partial charge < -0.3 is 34.3 Å². The molecule has 9 nitrogen and oxygen atoms in total. The highest BCUT2D eigenvalue weighted by atomic mass is 16.5. The van der Waals surface area contributed by atoms with Gasteiger partial charge in [0.25, 0.3) is 11.8 Å². The van der Waals surface area contributed by atoms with Crippen molar-refractivity contribution in [3.05, 3.63) is 77.4 Å². The van der Waals surface area contributed by atoms with Crippen molar-refractivity contribution in [2.75, 3.05) is 35.5 Å². The van der Waals surface area contributed by atoms with Crippen molar-refractivity contribution < 1.29 is 33.3 Å². The zero-order valence-corrected chi connectivity index (χ0v) is 20.2. The van der Waals surface area contributed by atoms with Gasteiger partial charge in [-0.05, 0) is 48.5 Å². The van der Waals surface area contributed by atoms with E-state index in [1.165, 1.54) is 35.5 Å². The van der Waals surface area contributed by atoms with Crippen LogP contribution in [0.4, 0.5) is 0 Å². The van der Waals surface area contributed by atoms with Crippen LogP contribution >= 0.6 is 0 Å². The average molecular weight is 481 g/mol. The fourth-order valence-electron chi connectivity index (χ4n) is 3.43. The van der Waals surface area contributed by atoms with Crippen LogP contribution in [0.5, 0.6) is 28.7 Å². The number of carbonyl (C=O) groups is 2. The SMILES string of the molecule is COc1cccc(C(=O)NC(NC(=O)c2cccc(OC)c2)c2cc(OC)c(OC)c(OC)c2)c1. The third kappa shape index (κ3) is 5.94. The third-order valence-electron chi connectivity index (χ3n) is 5.24. The lowest BCUT2D eigenvalue weighted by Crippen LogP contribution is -2.41. The highest BCUT2D eigenvalue weighted by Gasteiger charge is 2.23. The lowest BCUT2D eigenvalue weighted by molar-refractivity contribution is 0.0882. The Balaban J connectivity index is 2.01. The molecule has 0 heterocycles. The molecule has 35 heavy (non-hydrogen) atoms. The van der Waals surface area contributed by atoms with Crippen LogP contribution in [0, 0.1) is 0 Å². The van der Waals surface area contributed by atoms with E-state index in [9.17, 15) is 9.59 Å². The third-order valence-corrected chi connectivity index (χ3v) is 5.24. The minimum absolute atomic E-state index is 0.359. The summed E-state index contributed by atoms with van der Waals surface area (Å²) < 4.78 is 26.7. The van der Waals surface area contributed by atoms with E-state index in [0.717, 1.165) is 0 Å². The topological polar surface area (TPSA) is 104 Å². The second-order valence-electron chi connectivity index (χ2n) is 7.30. The molecule has 3 aromatic carbocycles. The van der Waals surface area contributed by atoms with Crippen molar-refractivity contribution in [3.63, 3.8) is 0 Å². The summed E-state index contributed by atoms with van der Waals surface area (Å²) >= 11 is 0. The summed E-state index contributed by atoms with van der Waals surface area (Å²) in [6.07, 6.45) is -0.943. The molecule has 0 atom stereocenters. The van der Waals surface area contributed by atoms with E-state index in [-0.39, 0.29) is 0 Å². The van der Waals surface area contributed by atoms with Crippen LogP contribution in [0.25, 0.3) is 0 Å². The summed E-state index contributed by atoms with van der Waals surface area (Å²) in [5.41, 5.74) is 1.22. The summed E-state index contributed by atoms with van der Waals surface area (Å²) in [4.78, 5) is 26.2. The molecule has 2 N–H and O–H groups in total. The van der Waals surface area contributed by atoms with Crippen molar-refractivity contribution in [2.24, 2.45) is 0 Å².